The fourth-order valence-corrected chi connectivity index (χ4v) is 10.1. The minimum Gasteiger partial charge on any atom is -0.288 e. The molecule has 0 saturated heterocycles. The van der Waals surface area contributed by atoms with Crippen molar-refractivity contribution in [1.82, 2.24) is 9.97 Å². The Morgan fingerprint density at radius 3 is 1.16 bits per heavy atom. The zero-order valence-electron chi connectivity index (χ0n) is 26.7. The summed E-state index contributed by atoms with van der Waals surface area (Å²) in [5.41, 5.74) is 5.79. The molecule has 2 aromatic heterocycles. The fourth-order valence-electron chi connectivity index (χ4n) is 7.75. The zero-order chi connectivity index (χ0) is 34.0. The molecule has 8 heteroatoms. The summed E-state index contributed by atoms with van der Waals surface area (Å²) in [5, 5.41) is 4.93. The van der Waals surface area contributed by atoms with Crippen LogP contribution in [0.5, 0.6) is 0 Å². The Bertz CT molecular complexity index is 2470. The molecule has 2 unspecified atom stereocenters. The van der Waals surface area contributed by atoms with Crippen molar-refractivity contribution in [2.75, 3.05) is 0 Å². The van der Waals surface area contributed by atoms with Gasteiger partial charge in [0.25, 0.3) is 0 Å². The third-order valence-corrected chi connectivity index (χ3v) is 12.4. The Kier molecular flexibility index (Phi) is 6.08. The number of rotatable bonds is 2. The quantitative estimate of drug-likeness (QED) is 0.133. The van der Waals surface area contributed by atoms with Gasteiger partial charge in [-0.2, -0.15) is 0 Å². The summed E-state index contributed by atoms with van der Waals surface area (Å²) < 4.78 is 0. The summed E-state index contributed by atoms with van der Waals surface area (Å²) in [7, 11) is 0. The molecule has 2 atom stereocenters. The Labute approximate surface area is 293 Å². The normalized spacial score (nSPS) is 18.9. The van der Waals surface area contributed by atoms with Crippen LogP contribution in [0, 0.1) is 0 Å². The van der Waals surface area contributed by atoms with Crippen molar-refractivity contribution in [3.63, 3.8) is 0 Å². The lowest BCUT2D eigenvalue weighted by Crippen LogP contribution is -2.16. The van der Waals surface area contributed by atoms with Crippen molar-refractivity contribution >= 4 is 90.6 Å². The number of allylic oxidation sites excluding steroid dienone is 6. The van der Waals surface area contributed by atoms with Gasteiger partial charge in [0, 0.05) is 43.8 Å². The van der Waals surface area contributed by atoms with E-state index >= 15 is 0 Å². The molecular weight excluding hydrogens is 661 g/mol. The third-order valence-electron chi connectivity index (χ3n) is 10.2. The number of hydrogen-bond acceptors (Lipinski definition) is 8. The van der Waals surface area contributed by atoms with Gasteiger partial charge in [0.05, 0.1) is 22.5 Å². The molecule has 6 nitrogen and oxygen atoms in total. The molecule has 0 amide bonds. The van der Waals surface area contributed by atoms with Gasteiger partial charge in [-0.15, -0.1) is 22.7 Å². The van der Waals surface area contributed by atoms with Gasteiger partial charge in [-0.3, -0.25) is 19.2 Å². The second kappa shape index (κ2) is 10.4. The molecule has 50 heavy (non-hydrogen) atoms. The van der Waals surface area contributed by atoms with Crippen molar-refractivity contribution in [2.24, 2.45) is 0 Å². The number of fused-ring (bicyclic) bond motifs is 9. The Balaban J connectivity index is 0.989. The molecule has 0 bridgehead atoms. The second-order valence-corrected chi connectivity index (χ2v) is 15.3. The number of carbonyl (C=O) groups excluding carboxylic acids is 4. The number of Topliss-reactive ketones (excluding diaryl/α,β-unsaturated/α-hetero) is 4. The van der Waals surface area contributed by atoms with Crippen LogP contribution in [0.4, 0.5) is 0 Å². The largest absolute Gasteiger partial charge is 0.288 e. The van der Waals surface area contributed by atoms with Gasteiger partial charge in [-0.1, -0.05) is 60.7 Å². The topological polar surface area (TPSA) is 94.1 Å². The van der Waals surface area contributed by atoms with Crippen LogP contribution in [0.3, 0.4) is 0 Å². The molecule has 4 aliphatic carbocycles. The third kappa shape index (κ3) is 4.12. The first-order chi connectivity index (χ1) is 24.2. The van der Waals surface area contributed by atoms with Crippen LogP contribution >= 0.6 is 22.7 Å². The van der Waals surface area contributed by atoms with Crippen LogP contribution in [0.1, 0.15) is 98.3 Å². The minimum absolute atomic E-state index is 0.00397. The molecule has 6 aromatic rings. The van der Waals surface area contributed by atoms with Gasteiger partial charge in [-0.05, 0) is 83.0 Å². The lowest BCUT2D eigenvalue weighted by atomic mass is 9.77. The predicted octanol–water partition coefficient (Wildman–Crippen LogP) is 9.53. The lowest BCUT2D eigenvalue weighted by Gasteiger charge is -2.30. The van der Waals surface area contributed by atoms with Crippen LogP contribution in [-0.4, -0.2) is 33.1 Å². The van der Waals surface area contributed by atoms with Gasteiger partial charge in [0.1, 0.15) is 10.0 Å². The van der Waals surface area contributed by atoms with E-state index in [1.54, 1.807) is 12.2 Å². The van der Waals surface area contributed by atoms with Crippen molar-refractivity contribution in [3.8, 4) is 0 Å². The molecular formula is C42H24N2O4S2. The molecule has 0 aliphatic heterocycles. The van der Waals surface area contributed by atoms with E-state index in [-0.39, 0.29) is 46.1 Å². The minimum atomic E-state index is -0.269. The maximum atomic E-state index is 13.5. The molecule has 0 radical (unpaired) electrons. The summed E-state index contributed by atoms with van der Waals surface area (Å²) >= 11 is 3.01. The average Bonchev–Trinajstić information content (AvgIpc) is 3.86. The highest BCUT2D eigenvalue weighted by Crippen LogP contribution is 2.53. The highest BCUT2D eigenvalue weighted by molar-refractivity contribution is 7.13. The van der Waals surface area contributed by atoms with Crippen molar-refractivity contribution in [1.29, 1.82) is 0 Å². The van der Waals surface area contributed by atoms with E-state index in [0.717, 1.165) is 53.8 Å². The number of hydrogen-bond donors (Lipinski definition) is 0. The van der Waals surface area contributed by atoms with E-state index < -0.39 is 0 Å². The van der Waals surface area contributed by atoms with Crippen LogP contribution < -0.4 is 0 Å². The van der Waals surface area contributed by atoms with Gasteiger partial charge in [0.2, 0.25) is 0 Å². The molecule has 0 N–H and O–H groups in total. The number of benzene rings is 4. The molecule has 10 rings (SSSR count). The molecule has 0 spiro atoms. The first kappa shape index (κ1) is 29.2. The first-order valence-electron chi connectivity index (χ1n) is 16.3. The highest BCUT2D eigenvalue weighted by Gasteiger charge is 2.39. The second-order valence-electron chi connectivity index (χ2n) is 13.2. The summed E-state index contributed by atoms with van der Waals surface area (Å²) in [6, 6.07) is 22.7. The van der Waals surface area contributed by atoms with Crippen molar-refractivity contribution in [2.45, 2.75) is 25.7 Å². The van der Waals surface area contributed by atoms with E-state index in [9.17, 15) is 19.2 Å². The standard InChI is InChI=1S/C42H24N2O4S2/c1-19-11-29-30(41-35(19)43-33(49-41)17-31-37(45)25-13-21-7-3-4-8-22(21)14-26(25)38(31)46)12-20(2)36-42(29)50-34(44-36)18-32-39(47)27-15-23-9-5-6-10-24(23)16-28(27)40(32)48/h3-18,29-30H,1-2H3. The fraction of sp³-hybridized carbons (Fsp3) is 0.0952. The molecule has 2 heterocycles. The smallest absolute Gasteiger partial charge is 0.197 e. The molecule has 238 valence electrons. The molecule has 4 aromatic carbocycles. The average molecular weight is 685 g/mol. The highest BCUT2D eigenvalue weighted by atomic mass is 32.1. The van der Waals surface area contributed by atoms with Crippen LogP contribution in [0.25, 0.3) is 44.8 Å². The summed E-state index contributed by atoms with van der Waals surface area (Å²) in [6.45, 7) is 4.07. The van der Waals surface area contributed by atoms with E-state index in [2.05, 4.69) is 12.2 Å². The summed E-state index contributed by atoms with van der Waals surface area (Å²) in [4.78, 5) is 65.9. The van der Waals surface area contributed by atoms with E-state index in [1.807, 2.05) is 86.6 Å². The monoisotopic (exact) mass is 684 g/mol. The first-order valence-corrected chi connectivity index (χ1v) is 17.9. The maximum Gasteiger partial charge on any atom is 0.197 e. The van der Waals surface area contributed by atoms with Gasteiger partial charge < -0.3 is 0 Å². The van der Waals surface area contributed by atoms with Crippen LogP contribution in [0.2, 0.25) is 0 Å². The predicted molar refractivity (Wildman–Crippen MR) is 198 cm³/mol. The number of carbonyl (C=O) groups is 4. The maximum absolute atomic E-state index is 13.5. The van der Waals surface area contributed by atoms with Gasteiger partial charge >= 0.3 is 0 Å². The summed E-state index contributed by atoms with van der Waals surface area (Å²) in [5.74, 6) is -1.09. The number of thiazole rings is 2. The van der Waals surface area contributed by atoms with Crippen LogP contribution in [0.15, 0.2) is 96.1 Å². The zero-order valence-corrected chi connectivity index (χ0v) is 28.4. The molecule has 4 aliphatic rings. The van der Waals surface area contributed by atoms with Gasteiger partial charge in [-0.25, -0.2) is 9.97 Å². The Morgan fingerprint density at radius 2 is 0.840 bits per heavy atom. The number of ketones is 4. The van der Waals surface area contributed by atoms with Crippen molar-refractivity contribution in [3.05, 3.63) is 150 Å². The van der Waals surface area contributed by atoms with E-state index in [0.29, 0.717) is 32.3 Å². The Hall–Kier alpha value is -5.70. The van der Waals surface area contributed by atoms with Gasteiger partial charge in [0.15, 0.2) is 23.1 Å². The molecule has 0 saturated carbocycles. The SMILES string of the molecule is CC1=CC2c3sc(C=C4C(=O)c5cc6ccccc6cc5C4=O)nc3C(C)=CC2c2sc(C=C3C(=O)c4cc5ccccc5cc4C3=O)nc21. The van der Waals surface area contributed by atoms with Crippen LogP contribution in [-0.2, 0) is 0 Å². The number of nitrogens with zero attached hydrogens (tertiary/aromatic N) is 2. The van der Waals surface area contributed by atoms with E-state index in [1.165, 1.54) is 22.7 Å². The molecule has 0 fully saturated rings. The van der Waals surface area contributed by atoms with E-state index in [4.69, 9.17) is 9.97 Å². The van der Waals surface area contributed by atoms with Crippen molar-refractivity contribution < 1.29 is 19.2 Å². The lowest BCUT2D eigenvalue weighted by molar-refractivity contribution is 0.0975. The number of aromatic nitrogens is 2. The summed E-state index contributed by atoms with van der Waals surface area (Å²) in [6.07, 6.45) is 7.72. The Morgan fingerprint density at radius 1 is 0.520 bits per heavy atom.